The molecule has 17 heavy (non-hydrogen) atoms. The number of hydrogen-bond acceptors (Lipinski definition) is 2. The number of carboxylic acid groups (broad SMARTS) is 1. The molecule has 0 atom stereocenters. The van der Waals surface area contributed by atoms with Gasteiger partial charge in [0.25, 0.3) is 5.91 Å². The van der Waals surface area contributed by atoms with E-state index < -0.39 is 17.7 Å². The lowest BCUT2D eigenvalue weighted by molar-refractivity contribution is -0.131. The number of aliphatic carboxylic acids is 1. The van der Waals surface area contributed by atoms with Crippen molar-refractivity contribution in [2.75, 3.05) is 14.1 Å². The molecule has 0 aliphatic rings. The Bertz CT molecular complexity index is 481. The minimum atomic E-state index is -1.10. The fourth-order valence-electron chi connectivity index (χ4n) is 1.22. The van der Waals surface area contributed by atoms with E-state index in [0.29, 0.717) is 5.56 Å². The van der Waals surface area contributed by atoms with Gasteiger partial charge in [0.2, 0.25) is 0 Å². The lowest BCUT2D eigenvalue weighted by atomic mass is 10.1. The minimum Gasteiger partial charge on any atom is -0.478 e. The summed E-state index contributed by atoms with van der Waals surface area (Å²) >= 11 is 0. The monoisotopic (exact) mass is 237 g/mol. The average Bonchev–Trinajstić information content (AvgIpc) is 2.26. The second-order valence-corrected chi connectivity index (χ2v) is 3.61. The van der Waals surface area contributed by atoms with Crippen molar-refractivity contribution in [3.8, 4) is 0 Å². The molecule has 1 aromatic rings. The van der Waals surface area contributed by atoms with Crippen LogP contribution in [0.5, 0.6) is 0 Å². The molecule has 90 valence electrons. The van der Waals surface area contributed by atoms with Crippen LogP contribution in [-0.2, 0) is 4.79 Å². The van der Waals surface area contributed by atoms with Gasteiger partial charge in [0.1, 0.15) is 5.82 Å². The summed E-state index contributed by atoms with van der Waals surface area (Å²) in [6.45, 7) is 0. The molecule has 0 aromatic heterocycles. The van der Waals surface area contributed by atoms with E-state index in [9.17, 15) is 14.0 Å². The van der Waals surface area contributed by atoms with E-state index in [4.69, 9.17) is 5.11 Å². The second-order valence-electron chi connectivity index (χ2n) is 3.61. The van der Waals surface area contributed by atoms with Gasteiger partial charge in [-0.25, -0.2) is 9.18 Å². The summed E-state index contributed by atoms with van der Waals surface area (Å²) in [4.78, 5) is 23.2. The molecular formula is C12H12FNO3. The highest BCUT2D eigenvalue weighted by Gasteiger charge is 2.13. The number of halogens is 1. The molecule has 0 saturated heterocycles. The lowest BCUT2D eigenvalue weighted by Gasteiger charge is -2.11. The van der Waals surface area contributed by atoms with Gasteiger partial charge in [0.05, 0.1) is 5.56 Å². The molecule has 0 saturated carbocycles. The maximum Gasteiger partial charge on any atom is 0.328 e. The van der Waals surface area contributed by atoms with Gasteiger partial charge in [0, 0.05) is 20.2 Å². The van der Waals surface area contributed by atoms with Crippen LogP contribution in [0, 0.1) is 5.82 Å². The number of carboxylic acids is 1. The predicted octanol–water partition coefficient (Wildman–Crippen LogP) is 1.63. The Hall–Kier alpha value is -2.17. The molecule has 0 fully saturated rings. The molecule has 0 bridgehead atoms. The molecule has 0 aliphatic carbocycles. The Morgan fingerprint density at radius 2 is 2.00 bits per heavy atom. The first-order valence-corrected chi connectivity index (χ1v) is 4.84. The van der Waals surface area contributed by atoms with E-state index >= 15 is 0 Å². The van der Waals surface area contributed by atoms with Crippen molar-refractivity contribution < 1.29 is 19.1 Å². The van der Waals surface area contributed by atoms with Crippen LogP contribution < -0.4 is 0 Å². The smallest absolute Gasteiger partial charge is 0.328 e. The van der Waals surface area contributed by atoms with Crippen LogP contribution in [0.25, 0.3) is 6.08 Å². The first-order valence-electron chi connectivity index (χ1n) is 4.84. The molecule has 1 aromatic carbocycles. The summed E-state index contributed by atoms with van der Waals surface area (Å²) in [5.74, 6) is -2.20. The third-order valence-corrected chi connectivity index (χ3v) is 2.05. The molecule has 1 rings (SSSR count). The zero-order valence-electron chi connectivity index (χ0n) is 9.48. The Balaban J connectivity index is 3.11. The topological polar surface area (TPSA) is 57.6 Å². The molecule has 1 amide bonds. The maximum atomic E-state index is 13.4. The van der Waals surface area contributed by atoms with Crippen LogP contribution in [0.1, 0.15) is 15.9 Å². The largest absolute Gasteiger partial charge is 0.478 e. The quantitative estimate of drug-likeness (QED) is 0.813. The SMILES string of the molecule is CN(C)C(=O)c1cc(C=CC(=O)O)ccc1F. The minimum absolute atomic E-state index is 0.0810. The highest BCUT2D eigenvalue weighted by atomic mass is 19.1. The van der Waals surface area contributed by atoms with Crippen LogP contribution in [-0.4, -0.2) is 36.0 Å². The number of nitrogens with zero attached hydrogens (tertiary/aromatic N) is 1. The van der Waals surface area contributed by atoms with E-state index in [0.717, 1.165) is 12.1 Å². The first kappa shape index (κ1) is 12.9. The average molecular weight is 237 g/mol. The molecular weight excluding hydrogens is 225 g/mol. The summed E-state index contributed by atoms with van der Waals surface area (Å²) in [6.07, 6.45) is 2.23. The number of rotatable bonds is 3. The van der Waals surface area contributed by atoms with Gasteiger partial charge >= 0.3 is 5.97 Å². The van der Waals surface area contributed by atoms with Crippen LogP contribution in [0.15, 0.2) is 24.3 Å². The van der Waals surface area contributed by atoms with Gasteiger partial charge in [-0.2, -0.15) is 0 Å². The molecule has 5 heteroatoms. The van der Waals surface area contributed by atoms with E-state index in [2.05, 4.69) is 0 Å². The van der Waals surface area contributed by atoms with E-state index in [1.165, 1.54) is 37.2 Å². The molecule has 1 N–H and O–H groups in total. The second kappa shape index (κ2) is 5.25. The summed E-state index contributed by atoms with van der Waals surface area (Å²) < 4.78 is 13.4. The van der Waals surface area contributed by atoms with Crippen molar-refractivity contribution in [3.05, 3.63) is 41.2 Å². The Morgan fingerprint density at radius 3 is 2.53 bits per heavy atom. The number of carbonyl (C=O) groups is 2. The molecule has 0 radical (unpaired) electrons. The van der Waals surface area contributed by atoms with Gasteiger partial charge in [-0.3, -0.25) is 4.79 Å². The highest BCUT2D eigenvalue weighted by Crippen LogP contribution is 2.13. The van der Waals surface area contributed by atoms with Crippen LogP contribution in [0.3, 0.4) is 0 Å². The number of hydrogen-bond donors (Lipinski definition) is 1. The third kappa shape index (κ3) is 3.41. The standard InChI is InChI=1S/C12H12FNO3/c1-14(2)12(17)9-7-8(3-5-10(9)13)4-6-11(15)16/h3-7H,1-2H3,(H,15,16). The highest BCUT2D eigenvalue weighted by molar-refractivity contribution is 5.95. The number of carbonyl (C=O) groups excluding carboxylic acids is 1. The third-order valence-electron chi connectivity index (χ3n) is 2.05. The van der Waals surface area contributed by atoms with E-state index in [-0.39, 0.29) is 5.56 Å². The van der Waals surface area contributed by atoms with Crippen molar-refractivity contribution >= 4 is 18.0 Å². The Morgan fingerprint density at radius 1 is 1.35 bits per heavy atom. The van der Waals surface area contributed by atoms with E-state index in [1.807, 2.05) is 0 Å². The van der Waals surface area contributed by atoms with Gasteiger partial charge < -0.3 is 10.0 Å². The number of benzene rings is 1. The van der Waals surface area contributed by atoms with Crippen LogP contribution in [0.4, 0.5) is 4.39 Å². The van der Waals surface area contributed by atoms with Crippen molar-refractivity contribution in [3.63, 3.8) is 0 Å². The molecule has 4 nitrogen and oxygen atoms in total. The van der Waals surface area contributed by atoms with E-state index in [1.54, 1.807) is 0 Å². The van der Waals surface area contributed by atoms with Gasteiger partial charge in [0.15, 0.2) is 0 Å². The van der Waals surface area contributed by atoms with Crippen molar-refractivity contribution in [2.24, 2.45) is 0 Å². The fraction of sp³-hybridized carbons (Fsp3) is 0.167. The summed E-state index contributed by atoms with van der Waals surface area (Å²) in [5.41, 5.74) is 0.376. The molecule has 0 aliphatic heterocycles. The van der Waals surface area contributed by atoms with Crippen molar-refractivity contribution in [2.45, 2.75) is 0 Å². The van der Waals surface area contributed by atoms with Gasteiger partial charge in [-0.05, 0) is 23.8 Å². The van der Waals surface area contributed by atoms with Gasteiger partial charge in [-0.1, -0.05) is 6.07 Å². The lowest BCUT2D eigenvalue weighted by Crippen LogP contribution is -2.22. The normalized spacial score (nSPS) is 10.5. The summed E-state index contributed by atoms with van der Waals surface area (Å²) in [6, 6.07) is 3.86. The zero-order valence-corrected chi connectivity index (χ0v) is 9.48. The molecule has 0 heterocycles. The Labute approximate surface area is 98.0 Å². The summed E-state index contributed by atoms with van der Waals surface area (Å²) in [7, 11) is 3.03. The molecule has 0 spiro atoms. The maximum absolute atomic E-state index is 13.4. The Kier molecular flexibility index (Phi) is 3.98. The first-order chi connectivity index (χ1) is 7.91. The summed E-state index contributed by atoms with van der Waals surface area (Å²) in [5, 5.41) is 8.46. The van der Waals surface area contributed by atoms with Crippen LogP contribution >= 0.6 is 0 Å². The zero-order chi connectivity index (χ0) is 13.0. The fourth-order valence-corrected chi connectivity index (χ4v) is 1.22. The number of amides is 1. The van der Waals surface area contributed by atoms with Gasteiger partial charge in [-0.15, -0.1) is 0 Å². The molecule has 0 unspecified atom stereocenters. The van der Waals surface area contributed by atoms with Crippen molar-refractivity contribution in [1.82, 2.24) is 4.90 Å². The van der Waals surface area contributed by atoms with Crippen molar-refractivity contribution in [1.29, 1.82) is 0 Å². The van der Waals surface area contributed by atoms with Crippen LogP contribution in [0.2, 0.25) is 0 Å². The predicted molar refractivity (Wildman–Crippen MR) is 61.1 cm³/mol.